The van der Waals surface area contributed by atoms with Crippen LogP contribution in [-0.2, 0) is 17.6 Å². The van der Waals surface area contributed by atoms with Gasteiger partial charge < -0.3 is 23.7 Å². The minimum Gasteiger partial charge on any atom is -0.497 e. The molecule has 174 valence electrons. The Morgan fingerprint density at radius 3 is 2.12 bits per heavy atom. The Morgan fingerprint density at radius 2 is 1.50 bits per heavy atom. The summed E-state index contributed by atoms with van der Waals surface area (Å²) < 4.78 is 22.1. The molecule has 3 aromatic carbocycles. The van der Waals surface area contributed by atoms with E-state index in [1.54, 1.807) is 20.3 Å². The first-order valence-electron chi connectivity index (χ1n) is 10.8. The molecule has 0 spiro atoms. The SMILES string of the molecule is COc1ccc(-c2nc(CCc3cccc(OCC(=O)O)c3)oc2-c2ccc(OC)cc2)cc1. The highest BCUT2D eigenvalue weighted by atomic mass is 16.5. The van der Waals surface area contributed by atoms with Gasteiger partial charge in [0.05, 0.1) is 14.2 Å². The number of hydrogen-bond acceptors (Lipinski definition) is 6. The zero-order valence-corrected chi connectivity index (χ0v) is 19.0. The number of benzene rings is 3. The van der Waals surface area contributed by atoms with Crippen LogP contribution < -0.4 is 14.2 Å². The summed E-state index contributed by atoms with van der Waals surface area (Å²) in [6, 6.07) is 22.7. The molecule has 4 rings (SSSR count). The van der Waals surface area contributed by atoms with Gasteiger partial charge in [0.15, 0.2) is 18.3 Å². The van der Waals surface area contributed by atoms with Crippen molar-refractivity contribution in [1.82, 2.24) is 4.98 Å². The molecular formula is C27H25NO6. The largest absolute Gasteiger partial charge is 0.497 e. The molecule has 0 saturated heterocycles. The molecule has 0 fully saturated rings. The van der Waals surface area contributed by atoms with Crippen LogP contribution in [0.5, 0.6) is 17.2 Å². The highest BCUT2D eigenvalue weighted by Crippen LogP contribution is 2.34. The summed E-state index contributed by atoms with van der Waals surface area (Å²) in [7, 11) is 3.26. The third-order valence-corrected chi connectivity index (χ3v) is 5.28. The third kappa shape index (κ3) is 5.56. The number of nitrogens with zero attached hydrogens (tertiary/aromatic N) is 1. The fourth-order valence-corrected chi connectivity index (χ4v) is 3.54. The van der Waals surface area contributed by atoms with Gasteiger partial charge in [-0.3, -0.25) is 0 Å². The van der Waals surface area contributed by atoms with Crippen LogP contribution in [0.3, 0.4) is 0 Å². The number of aliphatic carboxylic acids is 1. The molecule has 7 heteroatoms. The highest BCUT2D eigenvalue weighted by molar-refractivity contribution is 5.77. The first-order chi connectivity index (χ1) is 16.6. The number of methoxy groups -OCH3 is 2. The van der Waals surface area contributed by atoms with Crippen molar-refractivity contribution in [1.29, 1.82) is 0 Å². The zero-order valence-electron chi connectivity index (χ0n) is 19.0. The van der Waals surface area contributed by atoms with Crippen LogP contribution in [0.4, 0.5) is 0 Å². The van der Waals surface area contributed by atoms with E-state index in [1.165, 1.54) is 0 Å². The molecule has 1 aromatic heterocycles. The Labute approximate surface area is 197 Å². The summed E-state index contributed by atoms with van der Waals surface area (Å²) >= 11 is 0. The van der Waals surface area contributed by atoms with E-state index < -0.39 is 5.97 Å². The Bertz CT molecular complexity index is 1180. The van der Waals surface area contributed by atoms with E-state index in [-0.39, 0.29) is 6.61 Å². The number of carboxylic acid groups (broad SMARTS) is 1. The van der Waals surface area contributed by atoms with Crippen LogP contribution in [0.1, 0.15) is 11.5 Å². The third-order valence-electron chi connectivity index (χ3n) is 5.28. The Kier molecular flexibility index (Phi) is 7.13. The Balaban J connectivity index is 1.59. The van der Waals surface area contributed by atoms with Crippen LogP contribution in [0.2, 0.25) is 0 Å². The molecule has 1 N–H and O–H groups in total. The molecule has 0 atom stereocenters. The minimum atomic E-state index is -1.01. The molecule has 7 nitrogen and oxygen atoms in total. The highest BCUT2D eigenvalue weighted by Gasteiger charge is 2.17. The quantitative estimate of drug-likeness (QED) is 0.345. The lowest BCUT2D eigenvalue weighted by Gasteiger charge is -2.05. The second-order valence-corrected chi connectivity index (χ2v) is 7.57. The van der Waals surface area contributed by atoms with E-state index in [0.717, 1.165) is 33.9 Å². The zero-order chi connectivity index (χ0) is 23.9. The average Bonchev–Trinajstić information content (AvgIpc) is 3.31. The van der Waals surface area contributed by atoms with E-state index in [4.69, 9.17) is 28.7 Å². The van der Waals surface area contributed by atoms with Crippen molar-refractivity contribution in [3.8, 4) is 39.8 Å². The smallest absolute Gasteiger partial charge is 0.341 e. The molecule has 0 aliphatic heterocycles. The van der Waals surface area contributed by atoms with Crippen molar-refractivity contribution in [2.45, 2.75) is 12.8 Å². The van der Waals surface area contributed by atoms with Crippen molar-refractivity contribution in [2.24, 2.45) is 0 Å². The predicted molar refractivity (Wildman–Crippen MR) is 127 cm³/mol. The summed E-state index contributed by atoms with van der Waals surface area (Å²) in [5.41, 5.74) is 3.57. The number of hydrogen-bond donors (Lipinski definition) is 1. The minimum absolute atomic E-state index is 0.375. The second-order valence-electron chi connectivity index (χ2n) is 7.57. The fourth-order valence-electron chi connectivity index (χ4n) is 3.54. The number of ether oxygens (including phenoxy) is 3. The molecule has 0 amide bonds. The van der Waals surface area contributed by atoms with Gasteiger partial charge in [-0.15, -0.1) is 0 Å². The molecule has 0 saturated carbocycles. The van der Waals surface area contributed by atoms with Crippen molar-refractivity contribution in [3.05, 3.63) is 84.3 Å². The maximum atomic E-state index is 10.7. The van der Waals surface area contributed by atoms with Crippen LogP contribution in [-0.4, -0.2) is 36.9 Å². The predicted octanol–water partition coefficient (Wildman–Crippen LogP) is 5.27. The first kappa shape index (κ1) is 22.9. The van der Waals surface area contributed by atoms with Crippen molar-refractivity contribution >= 4 is 5.97 Å². The molecule has 0 radical (unpaired) electrons. The average molecular weight is 459 g/mol. The lowest BCUT2D eigenvalue weighted by atomic mass is 10.1. The van der Waals surface area contributed by atoms with E-state index in [9.17, 15) is 4.79 Å². The number of rotatable bonds is 10. The van der Waals surface area contributed by atoms with E-state index in [0.29, 0.717) is 30.2 Å². The second kappa shape index (κ2) is 10.6. The van der Waals surface area contributed by atoms with Gasteiger partial charge >= 0.3 is 5.97 Å². The summed E-state index contributed by atoms with van der Waals surface area (Å²) in [6.07, 6.45) is 1.23. The van der Waals surface area contributed by atoms with E-state index in [2.05, 4.69) is 0 Å². The number of aryl methyl sites for hydroxylation is 2. The number of aromatic nitrogens is 1. The molecule has 0 bridgehead atoms. The van der Waals surface area contributed by atoms with Crippen LogP contribution in [0, 0.1) is 0 Å². The standard InChI is InChI=1S/C27H25NO6/c1-31-21-11-7-19(8-12-21)26-27(20-9-13-22(32-2)14-10-20)34-24(28-26)15-6-18-4-3-5-23(16-18)33-17-25(29)30/h3-5,7-14,16H,6,15,17H2,1-2H3,(H,29,30). The molecule has 4 aromatic rings. The van der Waals surface area contributed by atoms with Gasteiger partial charge in [-0.2, -0.15) is 0 Å². The topological polar surface area (TPSA) is 91.0 Å². The van der Waals surface area contributed by atoms with Crippen LogP contribution in [0.25, 0.3) is 22.6 Å². The lowest BCUT2D eigenvalue weighted by Crippen LogP contribution is -2.09. The summed E-state index contributed by atoms with van der Waals surface area (Å²) in [6.45, 7) is -0.375. The van der Waals surface area contributed by atoms with Crippen molar-refractivity contribution in [2.75, 3.05) is 20.8 Å². The fraction of sp³-hybridized carbons (Fsp3) is 0.185. The maximum absolute atomic E-state index is 10.7. The number of carbonyl (C=O) groups is 1. The first-order valence-corrected chi connectivity index (χ1v) is 10.8. The lowest BCUT2D eigenvalue weighted by molar-refractivity contribution is -0.139. The normalized spacial score (nSPS) is 10.6. The molecule has 0 unspecified atom stereocenters. The van der Waals surface area contributed by atoms with Gasteiger partial charge in [-0.25, -0.2) is 9.78 Å². The van der Waals surface area contributed by atoms with Crippen molar-refractivity contribution in [3.63, 3.8) is 0 Å². The Morgan fingerprint density at radius 1 is 0.853 bits per heavy atom. The molecule has 1 heterocycles. The van der Waals surface area contributed by atoms with Gasteiger partial charge in [-0.05, 0) is 72.6 Å². The number of carboxylic acids is 1. The van der Waals surface area contributed by atoms with Gasteiger partial charge in [0, 0.05) is 17.5 Å². The van der Waals surface area contributed by atoms with Gasteiger partial charge in [0.2, 0.25) is 0 Å². The van der Waals surface area contributed by atoms with Crippen LogP contribution >= 0.6 is 0 Å². The molecular weight excluding hydrogens is 434 g/mol. The van der Waals surface area contributed by atoms with E-state index in [1.807, 2.05) is 66.7 Å². The van der Waals surface area contributed by atoms with Gasteiger partial charge in [0.25, 0.3) is 0 Å². The number of oxazole rings is 1. The van der Waals surface area contributed by atoms with Crippen LogP contribution in [0.15, 0.2) is 77.2 Å². The van der Waals surface area contributed by atoms with Gasteiger partial charge in [-0.1, -0.05) is 12.1 Å². The van der Waals surface area contributed by atoms with Gasteiger partial charge in [0.1, 0.15) is 22.9 Å². The maximum Gasteiger partial charge on any atom is 0.341 e. The molecule has 0 aliphatic carbocycles. The molecule has 0 aliphatic rings. The summed E-state index contributed by atoms with van der Waals surface area (Å²) in [4.78, 5) is 15.6. The molecule has 34 heavy (non-hydrogen) atoms. The summed E-state index contributed by atoms with van der Waals surface area (Å²) in [5.74, 6) is 2.32. The Hall–Kier alpha value is -4.26. The van der Waals surface area contributed by atoms with E-state index >= 15 is 0 Å². The van der Waals surface area contributed by atoms with Crippen molar-refractivity contribution < 1.29 is 28.5 Å². The summed E-state index contributed by atoms with van der Waals surface area (Å²) in [5, 5.41) is 8.81. The monoisotopic (exact) mass is 459 g/mol.